The summed E-state index contributed by atoms with van der Waals surface area (Å²) in [7, 11) is 1.61. The average Bonchev–Trinajstić information content (AvgIpc) is 2.29. The first-order valence-electron chi connectivity index (χ1n) is 5.11. The third-order valence-electron chi connectivity index (χ3n) is 2.51. The molecule has 1 aromatic carbocycles. The topological polar surface area (TPSA) is 41.6 Å². The van der Waals surface area contributed by atoms with E-state index in [4.69, 9.17) is 4.74 Å². The molecule has 1 N–H and O–H groups in total. The second kappa shape index (κ2) is 4.74. The summed E-state index contributed by atoms with van der Waals surface area (Å²) in [5, 5.41) is 2.82. The first kappa shape index (κ1) is 11.3. The summed E-state index contributed by atoms with van der Waals surface area (Å²) in [6.45, 7) is 1.46. The van der Waals surface area contributed by atoms with E-state index < -0.39 is 0 Å². The first-order valence-corrected chi connectivity index (χ1v) is 5.90. The summed E-state index contributed by atoms with van der Waals surface area (Å²) in [6.07, 6.45) is 0.946. The summed E-state index contributed by atoms with van der Waals surface area (Å²) in [6, 6.07) is 5.57. The Kier molecular flexibility index (Phi) is 3.33. The molecule has 0 bridgehead atoms. The summed E-state index contributed by atoms with van der Waals surface area (Å²) in [5.41, 5.74) is 0.800. The molecule has 1 aliphatic rings. The van der Waals surface area contributed by atoms with Crippen LogP contribution in [0.4, 0.5) is 10.5 Å². The molecule has 5 heteroatoms. The third-order valence-corrected chi connectivity index (χ3v) is 3.00. The van der Waals surface area contributed by atoms with Crippen molar-refractivity contribution in [2.24, 2.45) is 0 Å². The van der Waals surface area contributed by atoms with Gasteiger partial charge in [-0.05, 0) is 24.6 Å². The maximum absolute atomic E-state index is 11.7. The molecule has 0 unspecified atom stereocenters. The van der Waals surface area contributed by atoms with Gasteiger partial charge < -0.3 is 10.1 Å². The van der Waals surface area contributed by atoms with Crippen LogP contribution < -0.4 is 15.0 Å². The van der Waals surface area contributed by atoms with Crippen LogP contribution in [0.3, 0.4) is 0 Å². The Hall–Kier alpha value is -1.23. The number of nitrogens with one attached hydrogen (secondary N) is 1. The lowest BCUT2D eigenvalue weighted by atomic mass is 10.2. The highest BCUT2D eigenvalue weighted by atomic mass is 79.9. The van der Waals surface area contributed by atoms with Gasteiger partial charge in [-0.15, -0.1) is 0 Å². The van der Waals surface area contributed by atoms with E-state index in [-0.39, 0.29) is 6.03 Å². The maximum atomic E-state index is 11.7. The molecule has 0 radical (unpaired) electrons. The highest BCUT2D eigenvalue weighted by molar-refractivity contribution is 9.10. The Bertz CT molecular complexity index is 409. The number of nitrogens with zero attached hydrogens (tertiary/aromatic N) is 1. The van der Waals surface area contributed by atoms with Crippen LogP contribution in [0.15, 0.2) is 22.7 Å². The number of ether oxygens (including phenoxy) is 1. The summed E-state index contributed by atoms with van der Waals surface area (Å²) in [5.74, 6) is 0.709. The molecule has 0 saturated carbocycles. The fraction of sp³-hybridized carbons (Fsp3) is 0.364. The van der Waals surface area contributed by atoms with E-state index in [2.05, 4.69) is 21.2 Å². The smallest absolute Gasteiger partial charge is 0.321 e. The Balaban J connectivity index is 2.36. The van der Waals surface area contributed by atoms with Gasteiger partial charge in [0.05, 0.1) is 12.8 Å². The number of anilines is 1. The lowest BCUT2D eigenvalue weighted by Gasteiger charge is -2.28. The minimum Gasteiger partial charge on any atom is -0.495 e. The predicted octanol–water partition coefficient (Wildman–Crippen LogP) is 2.38. The van der Waals surface area contributed by atoms with E-state index in [9.17, 15) is 4.79 Å². The average molecular weight is 285 g/mol. The Labute approximate surface area is 103 Å². The maximum Gasteiger partial charge on any atom is 0.321 e. The number of hydrogen-bond acceptors (Lipinski definition) is 2. The number of hydrogen-bond donors (Lipinski definition) is 1. The van der Waals surface area contributed by atoms with Crippen molar-refractivity contribution in [3.63, 3.8) is 0 Å². The van der Waals surface area contributed by atoms with E-state index >= 15 is 0 Å². The van der Waals surface area contributed by atoms with E-state index in [1.54, 1.807) is 12.0 Å². The van der Waals surface area contributed by atoms with E-state index in [0.717, 1.165) is 29.7 Å². The van der Waals surface area contributed by atoms with Gasteiger partial charge in [0, 0.05) is 17.6 Å². The van der Waals surface area contributed by atoms with Gasteiger partial charge in [0.25, 0.3) is 0 Å². The highest BCUT2D eigenvalue weighted by Crippen LogP contribution is 2.32. The number of methoxy groups -OCH3 is 1. The first-order chi connectivity index (χ1) is 7.72. The minimum absolute atomic E-state index is 0.0670. The van der Waals surface area contributed by atoms with Crippen molar-refractivity contribution in [3.05, 3.63) is 22.7 Å². The summed E-state index contributed by atoms with van der Waals surface area (Å²) < 4.78 is 6.19. The molecule has 0 spiro atoms. The summed E-state index contributed by atoms with van der Waals surface area (Å²) in [4.78, 5) is 13.4. The van der Waals surface area contributed by atoms with E-state index in [1.165, 1.54) is 0 Å². The largest absolute Gasteiger partial charge is 0.495 e. The fourth-order valence-corrected chi connectivity index (χ4v) is 2.08. The Morgan fingerprint density at radius 3 is 3.00 bits per heavy atom. The van der Waals surface area contributed by atoms with Crippen LogP contribution in [-0.2, 0) is 0 Å². The van der Waals surface area contributed by atoms with Crippen LogP contribution in [-0.4, -0.2) is 26.2 Å². The SMILES string of the molecule is COc1ccc(Br)cc1N1CCCNC1=O. The number of urea groups is 1. The van der Waals surface area contributed by atoms with Crippen molar-refractivity contribution in [1.82, 2.24) is 5.32 Å². The van der Waals surface area contributed by atoms with Crippen molar-refractivity contribution < 1.29 is 9.53 Å². The minimum atomic E-state index is -0.0670. The van der Waals surface area contributed by atoms with Crippen LogP contribution in [0.2, 0.25) is 0 Å². The predicted molar refractivity (Wildman–Crippen MR) is 66.1 cm³/mol. The zero-order valence-corrected chi connectivity index (χ0v) is 10.6. The second-order valence-corrected chi connectivity index (χ2v) is 4.47. The van der Waals surface area contributed by atoms with Gasteiger partial charge in [0.2, 0.25) is 0 Å². The molecule has 4 nitrogen and oxygen atoms in total. The molecule has 1 aromatic rings. The van der Waals surface area contributed by atoms with Crippen molar-refractivity contribution in [2.45, 2.75) is 6.42 Å². The third kappa shape index (κ3) is 2.14. The molecule has 0 aromatic heterocycles. The van der Waals surface area contributed by atoms with E-state index in [1.807, 2.05) is 18.2 Å². The number of carbonyl (C=O) groups excluding carboxylic acids is 1. The van der Waals surface area contributed by atoms with Crippen LogP contribution in [0.1, 0.15) is 6.42 Å². The molecule has 16 heavy (non-hydrogen) atoms. The molecule has 0 atom stereocenters. The molecule has 0 aliphatic carbocycles. The number of carbonyl (C=O) groups is 1. The number of halogens is 1. The van der Waals surface area contributed by atoms with Crippen LogP contribution >= 0.6 is 15.9 Å². The van der Waals surface area contributed by atoms with Crippen molar-refractivity contribution in [2.75, 3.05) is 25.1 Å². The van der Waals surface area contributed by atoms with Gasteiger partial charge in [-0.3, -0.25) is 4.90 Å². The highest BCUT2D eigenvalue weighted by Gasteiger charge is 2.22. The molecule has 1 heterocycles. The molecule has 2 amide bonds. The van der Waals surface area contributed by atoms with Crippen LogP contribution in [0.25, 0.3) is 0 Å². The lowest BCUT2D eigenvalue weighted by Crippen LogP contribution is -2.46. The molecule has 1 fully saturated rings. The van der Waals surface area contributed by atoms with Gasteiger partial charge in [-0.2, -0.15) is 0 Å². The van der Waals surface area contributed by atoms with Crippen LogP contribution in [0, 0.1) is 0 Å². The zero-order valence-electron chi connectivity index (χ0n) is 9.00. The lowest BCUT2D eigenvalue weighted by molar-refractivity contribution is 0.242. The molecule has 1 saturated heterocycles. The fourth-order valence-electron chi connectivity index (χ4n) is 1.73. The van der Waals surface area contributed by atoms with Crippen LogP contribution in [0.5, 0.6) is 5.75 Å². The molecular weight excluding hydrogens is 272 g/mol. The van der Waals surface area contributed by atoms with Gasteiger partial charge >= 0.3 is 6.03 Å². The molecule has 86 valence electrons. The molecule has 1 aliphatic heterocycles. The molecule has 2 rings (SSSR count). The van der Waals surface area contributed by atoms with Gasteiger partial charge in [-0.1, -0.05) is 15.9 Å². The Morgan fingerprint density at radius 1 is 1.50 bits per heavy atom. The number of benzene rings is 1. The van der Waals surface area contributed by atoms with Gasteiger partial charge in [0.15, 0.2) is 0 Å². The van der Waals surface area contributed by atoms with Gasteiger partial charge in [-0.25, -0.2) is 4.79 Å². The molecular formula is C11H13BrN2O2. The van der Waals surface area contributed by atoms with Gasteiger partial charge in [0.1, 0.15) is 5.75 Å². The monoisotopic (exact) mass is 284 g/mol. The van der Waals surface area contributed by atoms with Crippen molar-refractivity contribution in [1.29, 1.82) is 0 Å². The van der Waals surface area contributed by atoms with Crippen molar-refractivity contribution >= 4 is 27.6 Å². The Morgan fingerprint density at radius 2 is 2.31 bits per heavy atom. The standard InChI is InChI=1S/C11H13BrN2O2/c1-16-10-4-3-8(12)7-9(10)14-6-2-5-13-11(14)15/h3-4,7H,2,5-6H2,1H3,(H,13,15). The quantitative estimate of drug-likeness (QED) is 0.906. The zero-order chi connectivity index (χ0) is 11.5. The van der Waals surface area contributed by atoms with Crippen molar-refractivity contribution in [3.8, 4) is 5.75 Å². The summed E-state index contributed by atoms with van der Waals surface area (Å²) >= 11 is 3.40. The normalized spacial score (nSPS) is 15.9. The van der Waals surface area contributed by atoms with E-state index in [0.29, 0.717) is 5.75 Å². The number of rotatable bonds is 2. The number of amides is 2. The second-order valence-electron chi connectivity index (χ2n) is 3.55.